The summed E-state index contributed by atoms with van der Waals surface area (Å²) in [5.74, 6) is 2.27. The number of rotatable bonds is 6. The normalized spacial score (nSPS) is 19.7. The van der Waals surface area contributed by atoms with Crippen molar-refractivity contribution in [2.75, 3.05) is 26.7 Å². The standard InChI is InChI=1S/C21H30FN5O2.HI/c1-14(2)20-25-19(29-26-20)6-5-11-24-21(23-4)27-12-15(3)28-18(13-27)16-7-9-17(22)10-8-16;/h7-10,14-15,18H,5-6,11-13H2,1-4H3,(H,23,24);1H. The van der Waals surface area contributed by atoms with Crippen molar-refractivity contribution in [1.82, 2.24) is 20.4 Å². The van der Waals surface area contributed by atoms with Crippen LogP contribution in [0.25, 0.3) is 0 Å². The molecule has 30 heavy (non-hydrogen) atoms. The van der Waals surface area contributed by atoms with E-state index < -0.39 is 0 Å². The fraction of sp³-hybridized carbons (Fsp3) is 0.571. The lowest BCUT2D eigenvalue weighted by Gasteiger charge is -2.38. The Bertz CT molecular complexity index is 812. The molecule has 2 unspecified atom stereocenters. The Morgan fingerprint density at radius 1 is 1.30 bits per heavy atom. The Hall–Kier alpha value is -1.75. The highest BCUT2D eigenvalue weighted by molar-refractivity contribution is 14.0. The first-order valence-corrected chi connectivity index (χ1v) is 10.1. The van der Waals surface area contributed by atoms with Gasteiger partial charge in [0.2, 0.25) is 5.89 Å². The molecule has 0 saturated carbocycles. The topological polar surface area (TPSA) is 75.8 Å². The van der Waals surface area contributed by atoms with Crippen molar-refractivity contribution in [3.8, 4) is 0 Å². The van der Waals surface area contributed by atoms with Crippen LogP contribution < -0.4 is 5.32 Å². The first-order chi connectivity index (χ1) is 14.0. The van der Waals surface area contributed by atoms with Crippen LogP contribution in [0.4, 0.5) is 4.39 Å². The number of nitrogens with one attached hydrogen (secondary N) is 1. The lowest BCUT2D eigenvalue weighted by Crippen LogP contribution is -2.50. The summed E-state index contributed by atoms with van der Waals surface area (Å²) in [6.45, 7) is 8.29. The molecule has 0 amide bonds. The van der Waals surface area contributed by atoms with Gasteiger partial charge in [0.25, 0.3) is 0 Å². The average Bonchev–Trinajstić information content (AvgIpc) is 3.17. The number of benzene rings is 1. The third-order valence-corrected chi connectivity index (χ3v) is 4.86. The molecule has 3 rings (SSSR count). The molecule has 2 heterocycles. The highest BCUT2D eigenvalue weighted by Gasteiger charge is 2.28. The summed E-state index contributed by atoms with van der Waals surface area (Å²) in [5, 5.41) is 7.41. The highest BCUT2D eigenvalue weighted by atomic mass is 127. The zero-order valence-electron chi connectivity index (χ0n) is 18.0. The molecule has 2 atom stereocenters. The third-order valence-electron chi connectivity index (χ3n) is 4.86. The van der Waals surface area contributed by atoms with Crippen LogP contribution in [0, 0.1) is 5.82 Å². The monoisotopic (exact) mass is 531 g/mol. The van der Waals surface area contributed by atoms with Crippen molar-refractivity contribution in [2.24, 2.45) is 4.99 Å². The molecule has 0 radical (unpaired) electrons. The van der Waals surface area contributed by atoms with Crippen LogP contribution in [0.3, 0.4) is 0 Å². The number of aliphatic imine (C=N–C) groups is 1. The number of guanidine groups is 1. The van der Waals surface area contributed by atoms with Gasteiger partial charge in [0.05, 0.1) is 12.6 Å². The largest absolute Gasteiger partial charge is 0.367 e. The van der Waals surface area contributed by atoms with E-state index >= 15 is 0 Å². The molecule has 1 N–H and O–H groups in total. The van der Waals surface area contributed by atoms with Gasteiger partial charge in [-0.1, -0.05) is 31.1 Å². The quantitative estimate of drug-likeness (QED) is 0.264. The molecule has 2 aromatic rings. The van der Waals surface area contributed by atoms with Gasteiger partial charge in [-0.05, 0) is 31.0 Å². The number of aryl methyl sites for hydroxylation is 1. The van der Waals surface area contributed by atoms with Crippen molar-refractivity contribution in [1.29, 1.82) is 0 Å². The number of aromatic nitrogens is 2. The van der Waals surface area contributed by atoms with E-state index in [1.54, 1.807) is 19.2 Å². The minimum atomic E-state index is -0.242. The van der Waals surface area contributed by atoms with E-state index in [0.717, 1.165) is 43.3 Å². The van der Waals surface area contributed by atoms with Crippen molar-refractivity contribution < 1.29 is 13.7 Å². The first kappa shape index (κ1) is 24.5. The van der Waals surface area contributed by atoms with E-state index in [1.807, 2.05) is 20.8 Å². The number of nitrogens with zero attached hydrogens (tertiary/aromatic N) is 4. The zero-order chi connectivity index (χ0) is 20.8. The molecule has 1 aromatic heterocycles. The fourth-order valence-corrected chi connectivity index (χ4v) is 3.36. The van der Waals surface area contributed by atoms with Gasteiger partial charge in [-0.3, -0.25) is 4.99 Å². The Morgan fingerprint density at radius 2 is 2.03 bits per heavy atom. The second kappa shape index (κ2) is 11.6. The maximum atomic E-state index is 13.2. The number of hydrogen-bond donors (Lipinski definition) is 1. The summed E-state index contributed by atoms with van der Waals surface area (Å²) in [6, 6.07) is 6.50. The number of morpholine rings is 1. The van der Waals surface area contributed by atoms with Crippen LogP contribution in [-0.4, -0.2) is 53.8 Å². The summed E-state index contributed by atoms with van der Waals surface area (Å²) in [7, 11) is 1.78. The molecule has 0 bridgehead atoms. The van der Waals surface area contributed by atoms with Crippen LogP contribution in [0.2, 0.25) is 0 Å². The summed E-state index contributed by atoms with van der Waals surface area (Å²) in [5.41, 5.74) is 0.968. The van der Waals surface area contributed by atoms with Crippen molar-refractivity contribution in [3.63, 3.8) is 0 Å². The second-order valence-electron chi connectivity index (χ2n) is 7.67. The third kappa shape index (κ3) is 6.63. The molecule has 166 valence electrons. The van der Waals surface area contributed by atoms with E-state index in [4.69, 9.17) is 9.26 Å². The van der Waals surface area contributed by atoms with Crippen LogP contribution in [0.1, 0.15) is 56.5 Å². The maximum Gasteiger partial charge on any atom is 0.226 e. The number of hydrogen-bond acceptors (Lipinski definition) is 5. The number of halogens is 2. The smallest absolute Gasteiger partial charge is 0.226 e. The van der Waals surface area contributed by atoms with Gasteiger partial charge in [0.1, 0.15) is 11.9 Å². The average molecular weight is 531 g/mol. The molecule has 7 nitrogen and oxygen atoms in total. The fourth-order valence-electron chi connectivity index (χ4n) is 3.36. The molecule has 0 spiro atoms. The van der Waals surface area contributed by atoms with Crippen LogP contribution >= 0.6 is 24.0 Å². The molecule has 1 fully saturated rings. The van der Waals surface area contributed by atoms with Gasteiger partial charge in [0, 0.05) is 32.5 Å². The molecule has 1 aliphatic rings. The van der Waals surface area contributed by atoms with Gasteiger partial charge in [-0.15, -0.1) is 24.0 Å². The lowest BCUT2D eigenvalue weighted by atomic mass is 10.1. The van der Waals surface area contributed by atoms with Gasteiger partial charge in [-0.25, -0.2) is 4.39 Å². The van der Waals surface area contributed by atoms with E-state index in [-0.39, 0.29) is 47.9 Å². The number of ether oxygens (including phenoxy) is 1. The Labute approximate surface area is 194 Å². The lowest BCUT2D eigenvalue weighted by molar-refractivity contribution is -0.0605. The summed E-state index contributed by atoms with van der Waals surface area (Å²) in [4.78, 5) is 11.0. The van der Waals surface area contributed by atoms with Crippen LogP contribution in [-0.2, 0) is 11.2 Å². The minimum Gasteiger partial charge on any atom is -0.367 e. The summed E-state index contributed by atoms with van der Waals surface area (Å²) in [6.07, 6.45) is 1.51. The van der Waals surface area contributed by atoms with Crippen molar-refractivity contribution in [2.45, 2.75) is 51.7 Å². The Kier molecular flexibility index (Phi) is 9.47. The molecular formula is C21H31FIN5O2. The molecule has 1 aromatic carbocycles. The predicted octanol–water partition coefficient (Wildman–Crippen LogP) is 3.92. The molecular weight excluding hydrogens is 500 g/mol. The van der Waals surface area contributed by atoms with Gasteiger partial charge in [-0.2, -0.15) is 4.98 Å². The Balaban J connectivity index is 0.00000320. The summed E-state index contributed by atoms with van der Waals surface area (Å²) < 4.78 is 24.6. The van der Waals surface area contributed by atoms with Crippen molar-refractivity contribution >= 4 is 29.9 Å². The molecule has 9 heteroatoms. The van der Waals surface area contributed by atoms with E-state index in [1.165, 1.54) is 12.1 Å². The van der Waals surface area contributed by atoms with Crippen LogP contribution in [0.15, 0.2) is 33.8 Å². The second-order valence-corrected chi connectivity index (χ2v) is 7.67. The first-order valence-electron chi connectivity index (χ1n) is 10.1. The van der Waals surface area contributed by atoms with Crippen molar-refractivity contribution in [3.05, 3.63) is 47.4 Å². The maximum absolute atomic E-state index is 13.2. The van der Waals surface area contributed by atoms with Gasteiger partial charge in [0.15, 0.2) is 11.8 Å². The van der Waals surface area contributed by atoms with Crippen LogP contribution in [0.5, 0.6) is 0 Å². The molecule has 1 aliphatic heterocycles. The summed E-state index contributed by atoms with van der Waals surface area (Å²) >= 11 is 0. The van der Waals surface area contributed by atoms with Gasteiger partial charge >= 0.3 is 0 Å². The predicted molar refractivity (Wildman–Crippen MR) is 125 cm³/mol. The highest BCUT2D eigenvalue weighted by Crippen LogP contribution is 2.25. The molecule has 1 saturated heterocycles. The SMILES string of the molecule is CN=C(NCCCc1nc(C(C)C)no1)N1CC(C)OC(c2ccc(F)cc2)C1.I. The van der Waals surface area contributed by atoms with E-state index in [9.17, 15) is 4.39 Å². The van der Waals surface area contributed by atoms with Gasteiger partial charge < -0.3 is 19.5 Å². The minimum absolute atomic E-state index is 0. The zero-order valence-corrected chi connectivity index (χ0v) is 20.3. The molecule has 0 aliphatic carbocycles. The Morgan fingerprint density at radius 3 is 2.67 bits per heavy atom. The van der Waals surface area contributed by atoms with E-state index in [0.29, 0.717) is 12.4 Å². The van der Waals surface area contributed by atoms with E-state index in [2.05, 4.69) is 25.3 Å².